The van der Waals surface area contributed by atoms with E-state index < -0.39 is 5.54 Å². The molecule has 2 aromatic heterocycles. The fraction of sp³-hybridized carbons (Fsp3) is 0.400. The van der Waals surface area contributed by atoms with E-state index in [-0.39, 0.29) is 11.9 Å². The molecular weight excluding hydrogens is 454 g/mol. The van der Waals surface area contributed by atoms with Crippen molar-refractivity contribution in [2.24, 2.45) is 0 Å². The Morgan fingerprint density at radius 2 is 1.79 bits per heavy atom. The van der Waals surface area contributed by atoms with E-state index in [1.165, 1.54) is 0 Å². The van der Waals surface area contributed by atoms with Gasteiger partial charge in [0.25, 0.3) is 5.91 Å². The Morgan fingerprint density at radius 1 is 1.06 bits per heavy atom. The van der Waals surface area contributed by atoms with Crippen LogP contribution in [-0.2, 0) is 5.54 Å². The number of aromatic nitrogens is 1. The summed E-state index contributed by atoms with van der Waals surface area (Å²) in [5, 5.41) is 7.27. The summed E-state index contributed by atoms with van der Waals surface area (Å²) in [4.78, 5) is 34.0. The van der Waals surface area contributed by atoms with Crippen LogP contribution in [0.3, 0.4) is 0 Å². The fourth-order valence-corrected chi connectivity index (χ4v) is 5.93. The lowest BCUT2D eigenvalue weighted by atomic mass is 9.74. The van der Waals surface area contributed by atoms with E-state index in [1.54, 1.807) is 24.5 Å². The first kappa shape index (κ1) is 21.3. The molecule has 0 unspecified atom stereocenters. The van der Waals surface area contributed by atoms with Gasteiger partial charge in [-0.05, 0) is 37.1 Å². The maximum absolute atomic E-state index is 13.4. The molecule has 1 aliphatic carbocycles. The number of rotatable bonds is 2. The van der Waals surface area contributed by atoms with E-state index in [0.29, 0.717) is 35.1 Å². The predicted octanol–water partition coefficient (Wildman–Crippen LogP) is 4.74. The van der Waals surface area contributed by atoms with Gasteiger partial charge in [-0.15, -0.1) is 0 Å². The quantitative estimate of drug-likeness (QED) is 0.554. The summed E-state index contributed by atoms with van der Waals surface area (Å²) >= 11 is 6.61. The van der Waals surface area contributed by atoms with Crippen LogP contribution >= 0.6 is 11.6 Å². The van der Waals surface area contributed by atoms with Crippen LogP contribution in [-0.4, -0.2) is 48.0 Å². The Balaban J connectivity index is 1.32. The van der Waals surface area contributed by atoms with E-state index in [4.69, 9.17) is 16.0 Å². The number of pyridine rings is 1. The Morgan fingerprint density at radius 3 is 2.53 bits per heavy atom. The second-order valence-corrected chi connectivity index (χ2v) is 9.75. The number of benzene rings is 1. The van der Waals surface area contributed by atoms with Crippen molar-refractivity contribution in [1.82, 2.24) is 15.2 Å². The number of hydrogen-bond acceptors (Lipinski definition) is 5. The van der Waals surface area contributed by atoms with E-state index in [1.807, 2.05) is 17.0 Å². The molecule has 176 valence electrons. The van der Waals surface area contributed by atoms with Crippen LogP contribution < -0.4 is 15.5 Å². The van der Waals surface area contributed by atoms with Crippen LogP contribution in [0.15, 0.2) is 41.1 Å². The number of furan rings is 1. The standard InChI is InChI=1S/C25H26ClN5O3/c26-18-14-16-15-19(23(32)31-12-10-30(11-13-31)17-4-8-27-9-5-17)34-22(16)20-21(18)28-24(33)29-25(20)6-2-1-3-7-25/h4-5,8-9,14-15H,1-3,6-7,10-13H2,(H2,28,29,33). The highest BCUT2D eigenvalue weighted by atomic mass is 35.5. The molecule has 3 aromatic rings. The molecule has 1 spiro atoms. The number of fused-ring (bicyclic) bond motifs is 4. The average Bonchev–Trinajstić information content (AvgIpc) is 3.28. The topological polar surface area (TPSA) is 90.7 Å². The van der Waals surface area contributed by atoms with Crippen LogP contribution in [0.1, 0.15) is 48.2 Å². The number of hydrogen-bond donors (Lipinski definition) is 2. The second kappa shape index (κ2) is 8.20. The lowest BCUT2D eigenvalue weighted by molar-refractivity contribution is 0.0716. The first-order valence-electron chi connectivity index (χ1n) is 11.8. The molecule has 1 aromatic carbocycles. The number of piperazine rings is 1. The first-order valence-corrected chi connectivity index (χ1v) is 12.2. The molecule has 8 nitrogen and oxygen atoms in total. The minimum absolute atomic E-state index is 0.124. The number of nitrogens with zero attached hydrogens (tertiary/aromatic N) is 3. The van der Waals surface area contributed by atoms with Gasteiger partial charge in [0.15, 0.2) is 5.76 Å². The van der Waals surface area contributed by atoms with Gasteiger partial charge in [0.2, 0.25) is 0 Å². The summed E-state index contributed by atoms with van der Waals surface area (Å²) in [5.41, 5.74) is 2.69. The smallest absolute Gasteiger partial charge is 0.319 e. The largest absolute Gasteiger partial charge is 0.450 e. The summed E-state index contributed by atoms with van der Waals surface area (Å²) in [6, 6.07) is 7.28. The van der Waals surface area contributed by atoms with Crippen molar-refractivity contribution in [2.45, 2.75) is 37.6 Å². The summed E-state index contributed by atoms with van der Waals surface area (Å²) in [6.45, 7) is 2.71. The van der Waals surface area contributed by atoms with Gasteiger partial charge in [-0.1, -0.05) is 30.9 Å². The van der Waals surface area contributed by atoms with Gasteiger partial charge in [0, 0.05) is 55.2 Å². The Hall–Kier alpha value is -3.26. The van der Waals surface area contributed by atoms with E-state index in [2.05, 4.69) is 20.5 Å². The number of halogens is 1. The minimum Gasteiger partial charge on any atom is -0.450 e. The highest BCUT2D eigenvalue weighted by Gasteiger charge is 2.44. The Labute approximate surface area is 202 Å². The second-order valence-electron chi connectivity index (χ2n) is 9.34. The average molecular weight is 480 g/mol. The number of carbonyl (C=O) groups is 2. The Kier molecular flexibility index (Phi) is 5.13. The molecule has 2 fully saturated rings. The zero-order valence-corrected chi connectivity index (χ0v) is 19.5. The van der Waals surface area contributed by atoms with Crippen LogP contribution in [0.25, 0.3) is 11.0 Å². The van der Waals surface area contributed by atoms with Crippen LogP contribution in [0, 0.1) is 0 Å². The van der Waals surface area contributed by atoms with Gasteiger partial charge < -0.3 is 24.9 Å². The zero-order chi connectivity index (χ0) is 23.3. The minimum atomic E-state index is -0.520. The molecule has 3 amide bonds. The van der Waals surface area contributed by atoms with Crippen molar-refractivity contribution in [3.63, 3.8) is 0 Å². The molecule has 34 heavy (non-hydrogen) atoms. The van der Waals surface area contributed by atoms with E-state index in [9.17, 15) is 9.59 Å². The van der Waals surface area contributed by atoms with Crippen LogP contribution in [0.2, 0.25) is 5.02 Å². The SMILES string of the molecule is O=C1Nc2c(Cl)cc3cc(C(=O)N4CCN(c5ccncc5)CC4)oc3c2C2(CCCCC2)N1. The van der Waals surface area contributed by atoms with Crippen molar-refractivity contribution in [3.05, 3.63) is 53.0 Å². The van der Waals surface area contributed by atoms with Gasteiger partial charge >= 0.3 is 6.03 Å². The summed E-state index contributed by atoms with van der Waals surface area (Å²) in [6.07, 6.45) is 8.38. The van der Waals surface area contributed by atoms with Gasteiger partial charge in [-0.2, -0.15) is 0 Å². The fourth-order valence-electron chi connectivity index (χ4n) is 5.67. The third-order valence-corrected chi connectivity index (χ3v) is 7.64. The third-order valence-electron chi connectivity index (χ3n) is 7.34. The van der Waals surface area contributed by atoms with Gasteiger partial charge in [0.1, 0.15) is 5.58 Å². The van der Waals surface area contributed by atoms with E-state index in [0.717, 1.165) is 61.8 Å². The molecule has 3 aliphatic rings. The first-order chi connectivity index (χ1) is 16.5. The molecular formula is C25H26ClN5O3. The van der Waals surface area contributed by atoms with Crippen molar-refractivity contribution in [1.29, 1.82) is 0 Å². The Bertz CT molecular complexity index is 1260. The summed E-state index contributed by atoms with van der Waals surface area (Å²) in [7, 11) is 0. The van der Waals surface area contributed by atoms with Gasteiger partial charge in [0.05, 0.1) is 16.2 Å². The lowest BCUT2D eigenvalue weighted by Crippen LogP contribution is -2.52. The summed E-state index contributed by atoms with van der Waals surface area (Å²) in [5.74, 6) is 0.181. The highest BCUT2D eigenvalue weighted by Crippen LogP contribution is 2.49. The molecule has 4 heterocycles. The number of nitrogens with one attached hydrogen (secondary N) is 2. The van der Waals surface area contributed by atoms with Crippen molar-refractivity contribution in [2.75, 3.05) is 36.4 Å². The summed E-state index contributed by atoms with van der Waals surface area (Å²) < 4.78 is 6.25. The molecule has 1 saturated carbocycles. The molecule has 2 N–H and O–H groups in total. The predicted molar refractivity (Wildman–Crippen MR) is 130 cm³/mol. The van der Waals surface area contributed by atoms with Crippen molar-refractivity contribution >= 4 is 45.9 Å². The highest BCUT2D eigenvalue weighted by molar-refractivity contribution is 6.35. The van der Waals surface area contributed by atoms with Gasteiger partial charge in [-0.3, -0.25) is 9.78 Å². The molecule has 0 bridgehead atoms. The van der Waals surface area contributed by atoms with Crippen LogP contribution in [0.5, 0.6) is 0 Å². The zero-order valence-electron chi connectivity index (χ0n) is 18.8. The lowest BCUT2D eigenvalue weighted by Gasteiger charge is -2.42. The maximum atomic E-state index is 13.4. The van der Waals surface area contributed by atoms with E-state index >= 15 is 0 Å². The molecule has 0 atom stereocenters. The monoisotopic (exact) mass is 479 g/mol. The van der Waals surface area contributed by atoms with Crippen molar-refractivity contribution in [3.8, 4) is 0 Å². The normalized spacial score (nSPS) is 19.6. The molecule has 6 rings (SSSR count). The third kappa shape index (κ3) is 3.48. The number of amides is 3. The number of urea groups is 1. The molecule has 0 radical (unpaired) electrons. The van der Waals surface area contributed by atoms with Crippen LogP contribution in [0.4, 0.5) is 16.2 Å². The molecule has 9 heteroatoms. The number of anilines is 2. The van der Waals surface area contributed by atoms with Gasteiger partial charge in [-0.25, -0.2) is 4.79 Å². The molecule has 1 saturated heterocycles. The molecule has 2 aliphatic heterocycles. The number of carbonyl (C=O) groups excluding carboxylic acids is 2. The van der Waals surface area contributed by atoms with Crippen molar-refractivity contribution < 1.29 is 14.0 Å². The maximum Gasteiger partial charge on any atom is 0.319 e.